The van der Waals surface area contributed by atoms with Crippen LogP contribution in [0.25, 0.3) is 16.9 Å². The average molecular weight is 423 g/mol. The molecule has 0 unspecified atom stereocenters. The third-order valence-corrected chi connectivity index (χ3v) is 5.98. The van der Waals surface area contributed by atoms with E-state index in [1.807, 2.05) is 64.3 Å². The highest BCUT2D eigenvalue weighted by atomic mass is 16.2. The monoisotopic (exact) mass is 422 g/mol. The molecule has 1 fully saturated rings. The first-order valence-corrected chi connectivity index (χ1v) is 11.0. The number of aryl methyl sites for hydroxylation is 1. The maximum Gasteiger partial charge on any atom is 0.257 e. The zero-order valence-corrected chi connectivity index (χ0v) is 18.2. The molecule has 1 saturated heterocycles. The van der Waals surface area contributed by atoms with Crippen molar-refractivity contribution in [2.75, 3.05) is 31.1 Å². The molecule has 0 bridgehead atoms. The predicted molar refractivity (Wildman–Crippen MR) is 128 cm³/mol. The van der Waals surface area contributed by atoms with Gasteiger partial charge in [-0.1, -0.05) is 66.2 Å². The van der Waals surface area contributed by atoms with E-state index in [0.29, 0.717) is 18.7 Å². The molecule has 0 spiro atoms. The molecule has 1 aliphatic rings. The van der Waals surface area contributed by atoms with Crippen LogP contribution in [0, 0.1) is 6.92 Å². The highest BCUT2D eigenvalue weighted by Crippen LogP contribution is 2.26. The number of nitrogens with zero attached hydrogens (tertiary/aromatic N) is 4. The molecular weight excluding hydrogens is 396 g/mol. The van der Waals surface area contributed by atoms with Gasteiger partial charge in [-0.3, -0.25) is 4.79 Å². The minimum Gasteiger partial charge on any atom is -0.368 e. The Bertz CT molecular complexity index is 1190. The van der Waals surface area contributed by atoms with Gasteiger partial charge in [-0.15, -0.1) is 0 Å². The molecule has 0 saturated carbocycles. The van der Waals surface area contributed by atoms with Crippen molar-refractivity contribution in [1.29, 1.82) is 0 Å². The number of hydrogen-bond acceptors (Lipinski definition) is 3. The number of aromatic nitrogens is 2. The van der Waals surface area contributed by atoms with Crippen LogP contribution in [-0.4, -0.2) is 46.8 Å². The van der Waals surface area contributed by atoms with Gasteiger partial charge in [-0.25, -0.2) is 4.68 Å². The first-order chi connectivity index (χ1) is 15.7. The van der Waals surface area contributed by atoms with Crippen LogP contribution < -0.4 is 4.90 Å². The molecule has 0 N–H and O–H groups in total. The maximum absolute atomic E-state index is 13.6. The summed E-state index contributed by atoms with van der Waals surface area (Å²) in [5.74, 6) is 0.0375. The zero-order chi connectivity index (χ0) is 21.9. The van der Waals surface area contributed by atoms with E-state index in [0.717, 1.165) is 30.0 Å². The lowest BCUT2D eigenvalue weighted by atomic mass is 10.1. The van der Waals surface area contributed by atoms with Crippen LogP contribution in [0.3, 0.4) is 0 Å². The van der Waals surface area contributed by atoms with E-state index < -0.39 is 0 Å². The molecule has 5 rings (SSSR count). The Morgan fingerprint density at radius 1 is 0.750 bits per heavy atom. The molecule has 160 valence electrons. The number of hydrogen-bond donors (Lipinski definition) is 0. The summed E-state index contributed by atoms with van der Waals surface area (Å²) in [5.41, 5.74) is 5.65. The van der Waals surface area contributed by atoms with Crippen LogP contribution in [0.5, 0.6) is 0 Å². The Balaban J connectivity index is 1.43. The third-order valence-electron chi connectivity index (χ3n) is 5.98. The van der Waals surface area contributed by atoms with Gasteiger partial charge in [0.25, 0.3) is 5.91 Å². The van der Waals surface area contributed by atoms with Crippen molar-refractivity contribution in [2.45, 2.75) is 6.92 Å². The molecule has 5 heteroatoms. The summed E-state index contributed by atoms with van der Waals surface area (Å²) in [5, 5.41) is 4.82. The topological polar surface area (TPSA) is 41.4 Å². The number of carbonyl (C=O) groups is 1. The van der Waals surface area contributed by atoms with Gasteiger partial charge in [0, 0.05) is 43.6 Å². The van der Waals surface area contributed by atoms with Crippen LogP contribution in [-0.2, 0) is 0 Å². The Labute approximate surface area is 188 Å². The number of benzene rings is 3. The summed E-state index contributed by atoms with van der Waals surface area (Å²) in [6.07, 6.45) is 1.87. The van der Waals surface area contributed by atoms with Gasteiger partial charge in [0.1, 0.15) is 5.69 Å². The second-order valence-corrected chi connectivity index (χ2v) is 8.15. The lowest BCUT2D eigenvalue weighted by Crippen LogP contribution is -2.48. The maximum atomic E-state index is 13.6. The quantitative estimate of drug-likeness (QED) is 0.474. The third kappa shape index (κ3) is 4.02. The van der Waals surface area contributed by atoms with E-state index in [2.05, 4.69) is 48.2 Å². The van der Waals surface area contributed by atoms with Crippen molar-refractivity contribution >= 4 is 11.6 Å². The van der Waals surface area contributed by atoms with Crippen molar-refractivity contribution in [2.24, 2.45) is 0 Å². The number of amides is 1. The Hall–Kier alpha value is -3.86. The standard InChI is InChI=1S/C27H26N4O/c1-21-12-14-22(15-13-21)26-25(20-31(28-26)24-10-6-3-7-11-24)27(32)30-18-16-29(17-19-30)23-8-4-2-5-9-23/h2-15,20H,16-19H2,1H3. The van der Waals surface area contributed by atoms with Crippen LogP contribution in [0.15, 0.2) is 91.1 Å². The number of carbonyl (C=O) groups excluding carboxylic acids is 1. The first kappa shape index (κ1) is 20.1. The highest BCUT2D eigenvalue weighted by Gasteiger charge is 2.26. The molecular formula is C27H26N4O. The first-order valence-electron chi connectivity index (χ1n) is 11.0. The van der Waals surface area contributed by atoms with Crippen molar-refractivity contribution in [3.8, 4) is 16.9 Å². The molecule has 1 amide bonds. The highest BCUT2D eigenvalue weighted by molar-refractivity contribution is 6.00. The second-order valence-electron chi connectivity index (χ2n) is 8.15. The number of piperazine rings is 1. The normalized spacial score (nSPS) is 13.9. The number of rotatable bonds is 4. The molecule has 5 nitrogen and oxygen atoms in total. The molecule has 0 radical (unpaired) electrons. The van der Waals surface area contributed by atoms with E-state index in [1.54, 1.807) is 0 Å². The summed E-state index contributed by atoms with van der Waals surface area (Å²) in [7, 11) is 0. The molecule has 1 aromatic heterocycles. The molecule has 1 aliphatic heterocycles. The average Bonchev–Trinajstić information content (AvgIpc) is 3.31. The van der Waals surface area contributed by atoms with Crippen molar-refractivity contribution < 1.29 is 4.79 Å². The molecule has 0 aliphatic carbocycles. The Morgan fingerprint density at radius 3 is 1.97 bits per heavy atom. The van der Waals surface area contributed by atoms with Crippen molar-refractivity contribution in [3.05, 3.63) is 102 Å². The summed E-state index contributed by atoms with van der Waals surface area (Å²) < 4.78 is 1.81. The molecule has 3 aromatic carbocycles. The minimum atomic E-state index is 0.0375. The molecule has 2 heterocycles. The van der Waals surface area contributed by atoms with Crippen LogP contribution in [0.2, 0.25) is 0 Å². The fraction of sp³-hybridized carbons (Fsp3) is 0.185. The summed E-state index contributed by atoms with van der Waals surface area (Å²) in [4.78, 5) is 17.9. The molecule has 32 heavy (non-hydrogen) atoms. The van der Waals surface area contributed by atoms with Crippen LogP contribution in [0.1, 0.15) is 15.9 Å². The van der Waals surface area contributed by atoms with Gasteiger partial charge in [-0.05, 0) is 31.2 Å². The zero-order valence-electron chi connectivity index (χ0n) is 18.2. The predicted octanol–water partition coefficient (Wildman–Crippen LogP) is 4.81. The second kappa shape index (κ2) is 8.71. The lowest BCUT2D eigenvalue weighted by molar-refractivity contribution is 0.0747. The Kier molecular flexibility index (Phi) is 5.46. The van der Waals surface area contributed by atoms with E-state index in [-0.39, 0.29) is 5.91 Å². The van der Waals surface area contributed by atoms with Gasteiger partial charge in [0.15, 0.2) is 0 Å². The van der Waals surface area contributed by atoms with Crippen molar-refractivity contribution in [3.63, 3.8) is 0 Å². The van der Waals surface area contributed by atoms with Crippen molar-refractivity contribution in [1.82, 2.24) is 14.7 Å². The van der Waals surface area contributed by atoms with Gasteiger partial charge in [0.05, 0.1) is 11.3 Å². The van der Waals surface area contributed by atoms with Gasteiger partial charge in [-0.2, -0.15) is 5.10 Å². The van der Waals surface area contributed by atoms with Gasteiger partial charge < -0.3 is 9.80 Å². The smallest absolute Gasteiger partial charge is 0.257 e. The fourth-order valence-corrected chi connectivity index (χ4v) is 4.14. The SMILES string of the molecule is Cc1ccc(-c2nn(-c3ccccc3)cc2C(=O)N2CCN(c3ccccc3)CC2)cc1. The Morgan fingerprint density at radius 2 is 1.34 bits per heavy atom. The van der Waals surface area contributed by atoms with Gasteiger partial charge >= 0.3 is 0 Å². The molecule has 0 atom stereocenters. The van der Waals surface area contributed by atoms with Crippen LogP contribution in [0.4, 0.5) is 5.69 Å². The van der Waals surface area contributed by atoms with Crippen LogP contribution >= 0.6 is 0 Å². The number of para-hydroxylation sites is 2. The summed E-state index contributed by atoms with van der Waals surface area (Å²) >= 11 is 0. The van der Waals surface area contributed by atoms with E-state index in [4.69, 9.17) is 5.10 Å². The van der Waals surface area contributed by atoms with E-state index >= 15 is 0 Å². The minimum absolute atomic E-state index is 0.0375. The van der Waals surface area contributed by atoms with E-state index in [1.165, 1.54) is 11.3 Å². The summed E-state index contributed by atoms with van der Waals surface area (Å²) in [6, 6.07) is 28.5. The fourth-order valence-electron chi connectivity index (χ4n) is 4.14. The van der Waals surface area contributed by atoms with Gasteiger partial charge in [0.2, 0.25) is 0 Å². The number of anilines is 1. The largest absolute Gasteiger partial charge is 0.368 e. The van der Waals surface area contributed by atoms with E-state index in [9.17, 15) is 4.79 Å². The summed E-state index contributed by atoms with van der Waals surface area (Å²) in [6.45, 7) is 5.09. The molecule has 4 aromatic rings. The lowest BCUT2D eigenvalue weighted by Gasteiger charge is -2.36.